The van der Waals surface area contributed by atoms with Gasteiger partial charge in [0.15, 0.2) is 0 Å². The zero-order chi connectivity index (χ0) is 23.7. The van der Waals surface area contributed by atoms with E-state index in [2.05, 4.69) is 9.88 Å². The molecule has 2 aliphatic rings. The molecule has 0 bridgehead atoms. The van der Waals surface area contributed by atoms with Crippen molar-refractivity contribution in [2.24, 2.45) is 5.92 Å². The molecule has 34 heavy (non-hydrogen) atoms. The van der Waals surface area contributed by atoms with Gasteiger partial charge in [-0.2, -0.15) is 4.31 Å². The number of ether oxygens (including phenoxy) is 1. The Morgan fingerprint density at radius 1 is 1.06 bits per heavy atom. The SMILES string of the molecule is COc1ccc(S(=O)(=O)N2CCCC(C(=O)Nc3ccc4c(c3)nc3n4CCCCC3)C2)cc1. The predicted molar refractivity (Wildman–Crippen MR) is 130 cm³/mol. The Balaban J connectivity index is 1.29. The molecule has 1 atom stereocenters. The average molecular weight is 483 g/mol. The molecule has 8 nitrogen and oxygen atoms in total. The topological polar surface area (TPSA) is 93.5 Å². The van der Waals surface area contributed by atoms with Crippen LogP contribution in [0.25, 0.3) is 11.0 Å². The fourth-order valence-electron chi connectivity index (χ4n) is 4.94. The van der Waals surface area contributed by atoms with E-state index in [1.54, 1.807) is 24.3 Å². The van der Waals surface area contributed by atoms with Crippen LogP contribution in [0.5, 0.6) is 5.75 Å². The third-order valence-corrected chi connectivity index (χ3v) is 8.71. The Morgan fingerprint density at radius 3 is 2.68 bits per heavy atom. The van der Waals surface area contributed by atoms with Gasteiger partial charge in [0.1, 0.15) is 11.6 Å². The molecule has 2 aromatic carbocycles. The summed E-state index contributed by atoms with van der Waals surface area (Å²) in [6, 6.07) is 12.2. The van der Waals surface area contributed by atoms with E-state index in [9.17, 15) is 13.2 Å². The highest BCUT2D eigenvalue weighted by Gasteiger charge is 2.33. The summed E-state index contributed by atoms with van der Waals surface area (Å²) in [5, 5.41) is 3.00. The van der Waals surface area contributed by atoms with Crippen LogP contribution in [0.15, 0.2) is 47.4 Å². The zero-order valence-electron chi connectivity index (χ0n) is 19.4. The van der Waals surface area contributed by atoms with E-state index in [1.165, 1.54) is 17.8 Å². The summed E-state index contributed by atoms with van der Waals surface area (Å²) < 4.78 is 35.1. The first-order valence-electron chi connectivity index (χ1n) is 11.9. The van der Waals surface area contributed by atoms with E-state index in [0.717, 1.165) is 42.7 Å². The minimum atomic E-state index is -3.68. The number of imidazole rings is 1. The lowest BCUT2D eigenvalue weighted by Crippen LogP contribution is -2.43. The Hall–Kier alpha value is -2.91. The first kappa shape index (κ1) is 22.9. The van der Waals surface area contributed by atoms with Crippen LogP contribution in [0, 0.1) is 5.92 Å². The molecular weight excluding hydrogens is 452 g/mol. The van der Waals surface area contributed by atoms with Crippen LogP contribution < -0.4 is 10.1 Å². The van der Waals surface area contributed by atoms with Crippen LogP contribution in [0.3, 0.4) is 0 Å². The van der Waals surface area contributed by atoms with Crippen molar-refractivity contribution < 1.29 is 17.9 Å². The Labute approximate surface area is 200 Å². The Bertz CT molecular complexity index is 1300. The summed E-state index contributed by atoms with van der Waals surface area (Å²) in [5.74, 6) is 1.15. The van der Waals surface area contributed by atoms with Crippen LogP contribution in [0.2, 0.25) is 0 Å². The van der Waals surface area contributed by atoms with Gasteiger partial charge in [-0.3, -0.25) is 4.79 Å². The van der Waals surface area contributed by atoms with E-state index in [4.69, 9.17) is 9.72 Å². The molecule has 0 spiro atoms. The number of fused-ring (bicyclic) bond motifs is 3. The predicted octanol–water partition coefficient (Wildman–Crippen LogP) is 3.81. The molecule has 3 aromatic rings. The number of nitrogens with one attached hydrogen (secondary N) is 1. The molecule has 1 fully saturated rings. The van der Waals surface area contributed by atoms with E-state index >= 15 is 0 Å². The third-order valence-electron chi connectivity index (χ3n) is 6.83. The summed E-state index contributed by atoms with van der Waals surface area (Å²) in [4.78, 5) is 18.1. The van der Waals surface area contributed by atoms with Crippen LogP contribution in [0.4, 0.5) is 5.69 Å². The fourth-order valence-corrected chi connectivity index (χ4v) is 6.47. The number of nitrogens with zero attached hydrogens (tertiary/aromatic N) is 3. The normalized spacial score (nSPS) is 19.4. The van der Waals surface area contributed by atoms with E-state index in [-0.39, 0.29) is 17.3 Å². The second-order valence-corrected chi connectivity index (χ2v) is 11.0. The van der Waals surface area contributed by atoms with Gasteiger partial charge < -0.3 is 14.6 Å². The molecule has 9 heteroatoms. The number of piperidine rings is 1. The number of sulfonamides is 1. The third kappa shape index (κ3) is 4.42. The highest BCUT2D eigenvalue weighted by molar-refractivity contribution is 7.89. The molecule has 0 saturated carbocycles. The van der Waals surface area contributed by atoms with Gasteiger partial charge in [0.2, 0.25) is 15.9 Å². The summed E-state index contributed by atoms with van der Waals surface area (Å²) in [7, 11) is -2.14. The number of carbonyl (C=O) groups is 1. The fraction of sp³-hybridized carbons (Fsp3) is 0.440. The largest absolute Gasteiger partial charge is 0.497 e. The standard InChI is InChI=1S/C25H30N4O4S/c1-33-20-9-11-21(12-10-20)34(31,32)28-14-5-6-18(17-28)25(30)26-19-8-13-23-22(16-19)27-24-7-3-2-4-15-29(23)24/h8-13,16,18H,2-7,14-15,17H2,1H3,(H,26,30). The number of carbonyl (C=O) groups excluding carboxylic acids is 1. The summed E-state index contributed by atoms with van der Waals surface area (Å²) >= 11 is 0. The monoisotopic (exact) mass is 482 g/mol. The number of hydrogen-bond acceptors (Lipinski definition) is 5. The van der Waals surface area contributed by atoms with Crippen molar-refractivity contribution in [3.05, 3.63) is 48.3 Å². The van der Waals surface area contributed by atoms with E-state index in [0.29, 0.717) is 30.8 Å². The molecule has 0 radical (unpaired) electrons. The zero-order valence-corrected chi connectivity index (χ0v) is 20.2. The van der Waals surface area contributed by atoms with Crippen molar-refractivity contribution in [2.45, 2.75) is 50.0 Å². The molecule has 3 heterocycles. The van der Waals surface area contributed by atoms with Gasteiger partial charge in [-0.1, -0.05) is 6.42 Å². The summed E-state index contributed by atoms with van der Waals surface area (Å²) in [5.41, 5.74) is 2.69. The van der Waals surface area contributed by atoms with Crippen molar-refractivity contribution in [1.82, 2.24) is 13.9 Å². The first-order valence-corrected chi connectivity index (χ1v) is 13.3. The number of benzene rings is 2. The first-order chi connectivity index (χ1) is 16.5. The van der Waals surface area contributed by atoms with Crippen LogP contribution in [-0.4, -0.2) is 48.4 Å². The second-order valence-electron chi connectivity index (χ2n) is 9.06. The van der Waals surface area contributed by atoms with Crippen LogP contribution in [0.1, 0.15) is 37.9 Å². The number of methoxy groups -OCH3 is 1. The molecule has 180 valence electrons. The smallest absolute Gasteiger partial charge is 0.243 e. The maximum atomic E-state index is 13.1. The second kappa shape index (κ2) is 9.38. The number of aryl methyl sites for hydroxylation is 2. The molecule has 1 unspecified atom stereocenters. The van der Waals surface area contributed by atoms with Gasteiger partial charge in [-0.05, 0) is 68.1 Å². The molecule has 1 saturated heterocycles. The van der Waals surface area contributed by atoms with E-state index in [1.807, 2.05) is 18.2 Å². The van der Waals surface area contributed by atoms with Crippen molar-refractivity contribution in [2.75, 3.05) is 25.5 Å². The highest BCUT2D eigenvalue weighted by Crippen LogP contribution is 2.28. The average Bonchev–Trinajstić information content (AvgIpc) is 3.03. The minimum absolute atomic E-state index is 0.158. The molecule has 1 aromatic heterocycles. The molecule has 5 rings (SSSR count). The highest BCUT2D eigenvalue weighted by atomic mass is 32.2. The van der Waals surface area contributed by atoms with Gasteiger partial charge in [-0.15, -0.1) is 0 Å². The molecule has 2 aliphatic heterocycles. The van der Waals surface area contributed by atoms with E-state index < -0.39 is 15.9 Å². The summed E-state index contributed by atoms with van der Waals surface area (Å²) in [6.45, 7) is 1.56. The lowest BCUT2D eigenvalue weighted by molar-refractivity contribution is -0.120. The van der Waals surface area contributed by atoms with Crippen molar-refractivity contribution in [3.8, 4) is 5.75 Å². The number of aromatic nitrogens is 2. The van der Waals surface area contributed by atoms with Crippen LogP contribution >= 0.6 is 0 Å². The molecular formula is C25H30N4O4S. The maximum absolute atomic E-state index is 13.1. The maximum Gasteiger partial charge on any atom is 0.243 e. The van der Waals surface area contributed by atoms with Gasteiger partial charge in [0.25, 0.3) is 0 Å². The van der Waals surface area contributed by atoms with Crippen molar-refractivity contribution in [1.29, 1.82) is 0 Å². The molecule has 0 aliphatic carbocycles. The number of anilines is 1. The quantitative estimate of drug-likeness (QED) is 0.597. The van der Waals surface area contributed by atoms with Gasteiger partial charge in [0, 0.05) is 31.7 Å². The molecule has 1 N–H and O–H groups in total. The van der Waals surface area contributed by atoms with Gasteiger partial charge >= 0.3 is 0 Å². The Morgan fingerprint density at radius 2 is 1.88 bits per heavy atom. The van der Waals surface area contributed by atoms with Gasteiger partial charge in [0.05, 0.1) is 29.0 Å². The summed E-state index contributed by atoms with van der Waals surface area (Å²) in [6.07, 6.45) is 5.82. The van der Waals surface area contributed by atoms with Crippen molar-refractivity contribution in [3.63, 3.8) is 0 Å². The lowest BCUT2D eigenvalue weighted by atomic mass is 9.98. The molecule has 1 amide bonds. The van der Waals surface area contributed by atoms with Crippen LogP contribution in [-0.2, 0) is 27.8 Å². The lowest BCUT2D eigenvalue weighted by Gasteiger charge is -2.31. The number of amides is 1. The van der Waals surface area contributed by atoms with Gasteiger partial charge in [-0.25, -0.2) is 13.4 Å². The minimum Gasteiger partial charge on any atom is -0.497 e. The number of rotatable bonds is 5. The Kier molecular flexibility index (Phi) is 6.31. The van der Waals surface area contributed by atoms with Crippen molar-refractivity contribution >= 4 is 32.7 Å². The number of hydrogen-bond donors (Lipinski definition) is 1.